The summed E-state index contributed by atoms with van der Waals surface area (Å²) in [7, 11) is 0. The average Bonchev–Trinajstić information content (AvgIpc) is 2.99. The Bertz CT molecular complexity index is 834. The topological polar surface area (TPSA) is 68.5 Å². The number of hydrogen-bond acceptors (Lipinski definition) is 4. The molecule has 0 radical (unpaired) electrons. The van der Waals surface area contributed by atoms with Crippen molar-refractivity contribution in [2.45, 2.75) is 52.1 Å². The molecule has 0 aliphatic heterocycles. The van der Waals surface area contributed by atoms with Crippen LogP contribution in [0.1, 0.15) is 55.1 Å². The summed E-state index contributed by atoms with van der Waals surface area (Å²) in [5.41, 5.74) is 2.76. The highest BCUT2D eigenvalue weighted by molar-refractivity contribution is 5.97. The van der Waals surface area contributed by atoms with Crippen molar-refractivity contribution in [2.75, 3.05) is 6.54 Å². The molecular formula is C21H25NO4. The number of nitrogens with one attached hydrogen (secondary N) is 1. The van der Waals surface area contributed by atoms with Crippen LogP contribution in [0.3, 0.4) is 0 Å². The number of esters is 1. The second-order valence-electron chi connectivity index (χ2n) is 6.75. The van der Waals surface area contributed by atoms with Crippen molar-refractivity contribution in [2.24, 2.45) is 0 Å². The maximum atomic E-state index is 12.4. The zero-order valence-corrected chi connectivity index (χ0v) is 15.3. The van der Waals surface area contributed by atoms with Crippen LogP contribution >= 0.6 is 0 Å². The number of carbonyl (C=O) groups excluding carboxylic acids is 2. The minimum absolute atomic E-state index is 0.151. The van der Waals surface area contributed by atoms with Gasteiger partial charge in [0, 0.05) is 17.5 Å². The smallest absolute Gasteiger partial charge is 0.375 e. The summed E-state index contributed by atoms with van der Waals surface area (Å²) in [6.45, 7) is 3.95. The Morgan fingerprint density at radius 2 is 2.08 bits per heavy atom. The number of rotatable bonds is 6. The lowest BCUT2D eigenvalue weighted by molar-refractivity contribution is -0.129. The Kier molecular flexibility index (Phi) is 5.76. The van der Waals surface area contributed by atoms with Gasteiger partial charge in [-0.2, -0.15) is 0 Å². The second kappa shape index (κ2) is 8.21. The normalized spacial score (nSPS) is 15.4. The van der Waals surface area contributed by atoms with Crippen LogP contribution in [0.5, 0.6) is 0 Å². The van der Waals surface area contributed by atoms with Crippen molar-refractivity contribution in [3.05, 3.63) is 47.2 Å². The van der Waals surface area contributed by atoms with Crippen molar-refractivity contribution >= 4 is 22.8 Å². The van der Waals surface area contributed by atoms with E-state index < -0.39 is 12.1 Å². The highest BCUT2D eigenvalue weighted by Crippen LogP contribution is 2.25. The Morgan fingerprint density at radius 1 is 1.27 bits per heavy atom. The molecule has 0 saturated carbocycles. The number of fused-ring (bicyclic) bond motifs is 1. The molecule has 5 heteroatoms. The number of amides is 1. The number of benzene rings is 1. The van der Waals surface area contributed by atoms with E-state index in [0.717, 1.165) is 30.2 Å². The Morgan fingerprint density at radius 3 is 2.81 bits per heavy atom. The number of furan rings is 1. The van der Waals surface area contributed by atoms with Crippen LogP contribution in [0, 0.1) is 6.92 Å². The van der Waals surface area contributed by atoms with Crippen LogP contribution in [0.2, 0.25) is 0 Å². The monoisotopic (exact) mass is 355 g/mol. The van der Waals surface area contributed by atoms with Crippen molar-refractivity contribution in [3.63, 3.8) is 0 Å². The van der Waals surface area contributed by atoms with Gasteiger partial charge in [0.05, 0.1) is 0 Å². The highest BCUT2D eigenvalue weighted by Gasteiger charge is 2.23. The van der Waals surface area contributed by atoms with Crippen molar-refractivity contribution in [1.29, 1.82) is 0 Å². The second-order valence-corrected chi connectivity index (χ2v) is 6.75. The van der Waals surface area contributed by atoms with E-state index in [1.54, 1.807) is 13.0 Å². The van der Waals surface area contributed by atoms with E-state index >= 15 is 0 Å². The van der Waals surface area contributed by atoms with Crippen molar-refractivity contribution in [1.82, 2.24) is 5.32 Å². The minimum atomic E-state index is -0.865. The third kappa shape index (κ3) is 4.15. The molecule has 138 valence electrons. The largest absolute Gasteiger partial charge is 0.449 e. The maximum Gasteiger partial charge on any atom is 0.375 e. The fourth-order valence-electron chi connectivity index (χ4n) is 3.26. The predicted molar refractivity (Wildman–Crippen MR) is 100 cm³/mol. The summed E-state index contributed by atoms with van der Waals surface area (Å²) < 4.78 is 10.9. The molecule has 1 N–H and O–H groups in total. The van der Waals surface area contributed by atoms with Gasteiger partial charge in [-0.1, -0.05) is 29.8 Å². The summed E-state index contributed by atoms with van der Waals surface area (Å²) in [5, 5.41) is 3.71. The lowest BCUT2D eigenvalue weighted by Crippen LogP contribution is -2.36. The molecule has 1 heterocycles. The first kappa shape index (κ1) is 18.2. The van der Waals surface area contributed by atoms with Crippen LogP contribution in [0.4, 0.5) is 0 Å². The molecule has 0 unspecified atom stereocenters. The third-order valence-electron chi connectivity index (χ3n) is 4.81. The Hall–Kier alpha value is -2.56. The van der Waals surface area contributed by atoms with Gasteiger partial charge < -0.3 is 14.5 Å². The lowest BCUT2D eigenvalue weighted by Gasteiger charge is -2.15. The van der Waals surface area contributed by atoms with E-state index in [9.17, 15) is 9.59 Å². The number of hydrogen-bond donors (Lipinski definition) is 1. The number of carbonyl (C=O) groups is 2. The quantitative estimate of drug-likeness (QED) is 0.620. The van der Waals surface area contributed by atoms with Gasteiger partial charge in [-0.25, -0.2) is 4.79 Å². The molecule has 1 amide bonds. The van der Waals surface area contributed by atoms with E-state index in [0.29, 0.717) is 12.1 Å². The molecule has 0 saturated heterocycles. The molecule has 0 bridgehead atoms. The molecule has 5 nitrogen and oxygen atoms in total. The zero-order valence-electron chi connectivity index (χ0n) is 15.3. The van der Waals surface area contributed by atoms with Gasteiger partial charge in [-0.15, -0.1) is 0 Å². The third-order valence-corrected chi connectivity index (χ3v) is 4.81. The van der Waals surface area contributed by atoms with Crippen LogP contribution in [0.25, 0.3) is 11.0 Å². The fourth-order valence-corrected chi connectivity index (χ4v) is 3.26. The SMILES string of the molecule is Cc1c(C(=O)O[C@H](C)C(=O)NCCC2=CCCCC2)oc2ccccc12. The molecule has 1 aliphatic carbocycles. The van der Waals surface area contributed by atoms with Gasteiger partial charge in [0.1, 0.15) is 5.58 Å². The van der Waals surface area contributed by atoms with Gasteiger partial charge in [0.2, 0.25) is 5.76 Å². The molecule has 0 spiro atoms. The first-order chi connectivity index (χ1) is 12.6. The Balaban J connectivity index is 1.53. The fraction of sp³-hybridized carbons (Fsp3) is 0.429. The van der Waals surface area contributed by atoms with Gasteiger partial charge in [0.25, 0.3) is 5.91 Å². The van der Waals surface area contributed by atoms with Crippen LogP contribution in [0.15, 0.2) is 40.3 Å². The summed E-state index contributed by atoms with van der Waals surface area (Å²) in [6, 6.07) is 7.42. The molecule has 2 aromatic rings. The summed E-state index contributed by atoms with van der Waals surface area (Å²) in [6.07, 6.45) is 6.99. The lowest BCUT2D eigenvalue weighted by atomic mass is 9.97. The standard InChI is InChI=1S/C21H25NO4/c1-14-17-10-6-7-11-18(17)26-19(14)21(24)25-15(2)20(23)22-13-12-16-8-4-3-5-9-16/h6-8,10-11,15H,3-5,9,12-13H2,1-2H3,(H,22,23)/t15-/m1/s1. The summed E-state index contributed by atoms with van der Waals surface area (Å²) in [4.78, 5) is 24.5. The summed E-state index contributed by atoms with van der Waals surface area (Å²) >= 11 is 0. The van der Waals surface area contributed by atoms with Gasteiger partial charge in [0.15, 0.2) is 6.10 Å². The maximum absolute atomic E-state index is 12.4. The van der Waals surface area contributed by atoms with Gasteiger partial charge >= 0.3 is 5.97 Å². The molecule has 1 aromatic carbocycles. The number of aryl methyl sites for hydroxylation is 1. The first-order valence-corrected chi connectivity index (χ1v) is 9.21. The average molecular weight is 355 g/mol. The van der Waals surface area contributed by atoms with E-state index in [2.05, 4.69) is 11.4 Å². The molecular weight excluding hydrogens is 330 g/mol. The van der Waals surface area contributed by atoms with Gasteiger partial charge in [-0.05, 0) is 52.0 Å². The Labute approximate surface area is 153 Å². The van der Waals surface area contributed by atoms with E-state index in [4.69, 9.17) is 9.15 Å². The molecule has 1 aliphatic rings. The molecule has 1 atom stereocenters. The van der Waals surface area contributed by atoms with Crippen LogP contribution in [-0.4, -0.2) is 24.5 Å². The molecule has 1 aromatic heterocycles. The molecule has 26 heavy (non-hydrogen) atoms. The zero-order chi connectivity index (χ0) is 18.5. The number of allylic oxidation sites excluding steroid dienone is 1. The van der Waals surface area contributed by atoms with Crippen LogP contribution < -0.4 is 5.32 Å². The predicted octanol–water partition coefficient (Wildman–Crippen LogP) is 4.29. The minimum Gasteiger partial charge on any atom is -0.449 e. The van der Waals surface area contributed by atoms with Crippen molar-refractivity contribution < 1.29 is 18.7 Å². The highest BCUT2D eigenvalue weighted by atomic mass is 16.6. The van der Waals surface area contributed by atoms with Crippen molar-refractivity contribution in [3.8, 4) is 0 Å². The van der Waals surface area contributed by atoms with Gasteiger partial charge in [-0.3, -0.25) is 4.79 Å². The van der Waals surface area contributed by atoms with E-state index in [1.807, 2.05) is 25.1 Å². The number of ether oxygens (including phenoxy) is 1. The molecule has 3 rings (SSSR count). The summed E-state index contributed by atoms with van der Waals surface area (Å²) in [5.74, 6) is -0.752. The molecule has 0 fully saturated rings. The number of para-hydroxylation sites is 1. The van der Waals surface area contributed by atoms with Crippen LogP contribution in [-0.2, 0) is 9.53 Å². The first-order valence-electron chi connectivity index (χ1n) is 9.21. The van der Waals surface area contributed by atoms with E-state index in [-0.39, 0.29) is 11.7 Å². The van der Waals surface area contributed by atoms with E-state index in [1.165, 1.54) is 18.4 Å².